The van der Waals surface area contributed by atoms with Crippen molar-refractivity contribution in [3.8, 4) is 0 Å². The molecule has 1 N–H and O–H groups in total. The van der Waals surface area contributed by atoms with E-state index >= 15 is 0 Å². The third-order valence-electron chi connectivity index (χ3n) is 5.74. The molecule has 0 aromatic heterocycles. The van der Waals surface area contributed by atoms with Crippen LogP contribution in [0, 0.1) is 17.8 Å². The molecule has 1 saturated carbocycles. The Kier molecular flexibility index (Phi) is 4.88. The van der Waals surface area contributed by atoms with Gasteiger partial charge in [0.1, 0.15) is 0 Å². The van der Waals surface area contributed by atoms with Crippen LogP contribution in [-0.2, 0) is 10.2 Å². The molecule has 5 nitrogen and oxygen atoms in total. The molecule has 3 rings (SSSR count). The summed E-state index contributed by atoms with van der Waals surface area (Å²) in [7, 11) is -3.28. The molecule has 0 aromatic rings. The van der Waals surface area contributed by atoms with E-state index in [9.17, 15) is 13.5 Å². The van der Waals surface area contributed by atoms with Gasteiger partial charge < -0.3 is 5.11 Å². The normalized spacial score (nSPS) is 33.8. The van der Waals surface area contributed by atoms with Crippen LogP contribution in [0.15, 0.2) is 0 Å². The van der Waals surface area contributed by atoms with Gasteiger partial charge in [-0.2, -0.15) is 17.0 Å². The number of aliphatic hydroxyl groups excluding tert-OH is 1. The quantitative estimate of drug-likeness (QED) is 0.857. The highest BCUT2D eigenvalue weighted by molar-refractivity contribution is 7.86. The number of aliphatic hydroxyl groups is 1. The van der Waals surface area contributed by atoms with Crippen molar-refractivity contribution in [1.82, 2.24) is 8.61 Å². The van der Waals surface area contributed by atoms with Crippen LogP contribution in [0.1, 0.15) is 44.9 Å². The Morgan fingerprint density at radius 3 is 2.14 bits per heavy atom. The van der Waals surface area contributed by atoms with Crippen molar-refractivity contribution < 1.29 is 13.5 Å². The number of piperidine rings is 2. The van der Waals surface area contributed by atoms with Gasteiger partial charge in [0.15, 0.2) is 0 Å². The molecular weight excluding hydrogens is 288 g/mol. The first-order valence-electron chi connectivity index (χ1n) is 8.47. The number of nitrogens with zero attached hydrogens (tertiary/aromatic N) is 2. The molecule has 0 radical (unpaired) electrons. The van der Waals surface area contributed by atoms with Gasteiger partial charge in [-0.3, -0.25) is 0 Å². The Hall–Kier alpha value is -0.170. The van der Waals surface area contributed by atoms with Crippen molar-refractivity contribution in [2.24, 2.45) is 17.8 Å². The minimum absolute atomic E-state index is 0.182. The maximum atomic E-state index is 12.8. The topological polar surface area (TPSA) is 60.9 Å². The summed E-state index contributed by atoms with van der Waals surface area (Å²) in [5, 5.41) is 9.18. The summed E-state index contributed by atoms with van der Waals surface area (Å²) in [4.78, 5) is 0. The van der Waals surface area contributed by atoms with Crippen molar-refractivity contribution in [2.45, 2.75) is 44.9 Å². The summed E-state index contributed by atoms with van der Waals surface area (Å²) in [5.41, 5.74) is 0. The molecule has 1 aliphatic carbocycles. The fourth-order valence-electron chi connectivity index (χ4n) is 4.26. The minimum Gasteiger partial charge on any atom is -0.396 e. The van der Waals surface area contributed by atoms with Gasteiger partial charge in [-0.15, -0.1) is 0 Å². The molecule has 0 amide bonds. The van der Waals surface area contributed by atoms with E-state index < -0.39 is 10.2 Å². The molecule has 0 aromatic carbocycles. The highest BCUT2D eigenvalue weighted by atomic mass is 32.2. The van der Waals surface area contributed by atoms with Crippen LogP contribution in [-0.4, -0.2) is 54.9 Å². The summed E-state index contributed by atoms with van der Waals surface area (Å²) in [5.74, 6) is 1.61. The highest BCUT2D eigenvalue weighted by Gasteiger charge is 2.39. The van der Waals surface area contributed by atoms with Crippen LogP contribution in [0.3, 0.4) is 0 Å². The second-order valence-electron chi connectivity index (χ2n) is 6.98. The lowest BCUT2D eigenvalue weighted by atomic mass is 9.76. The van der Waals surface area contributed by atoms with E-state index in [-0.39, 0.29) is 12.5 Å². The summed E-state index contributed by atoms with van der Waals surface area (Å²) < 4.78 is 29.0. The molecule has 3 fully saturated rings. The standard InChI is InChI=1S/C15H28N2O3S/c18-12-13-5-8-16(9-6-13)21(19,20)17-10-7-14-3-1-2-4-15(14)11-17/h13-15,18H,1-12H2. The SMILES string of the molecule is O=S(=O)(N1CCC(CO)CC1)N1CCC2CCCCC2C1. The zero-order valence-electron chi connectivity index (χ0n) is 12.8. The molecule has 122 valence electrons. The van der Waals surface area contributed by atoms with Crippen molar-refractivity contribution >= 4 is 10.2 Å². The van der Waals surface area contributed by atoms with Gasteiger partial charge in [0.25, 0.3) is 10.2 Å². The second-order valence-corrected chi connectivity index (χ2v) is 8.91. The third kappa shape index (κ3) is 3.28. The van der Waals surface area contributed by atoms with Gasteiger partial charge >= 0.3 is 0 Å². The maximum absolute atomic E-state index is 12.8. The van der Waals surface area contributed by atoms with Gasteiger partial charge in [-0.25, -0.2) is 0 Å². The predicted molar refractivity (Wildman–Crippen MR) is 81.9 cm³/mol. The second kappa shape index (κ2) is 6.52. The molecule has 2 saturated heterocycles. The molecule has 3 aliphatic rings. The van der Waals surface area contributed by atoms with Gasteiger partial charge in [0.2, 0.25) is 0 Å². The van der Waals surface area contributed by atoms with Crippen LogP contribution in [0.25, 0.3) is 0 Å². The van der Waals surface area contributed by atoms with E-state index in [0.717, 1.165) is 31.7 Å². The summed E-state index contributed by atoms with van der Waals surface area (Å²) >= 11 is 0. The molecule has 0 bridgehead atoms. The fraction of sp³-hybridized carbons (Fsp3) is 1.00. The highest BCUT2D eigenvalue weighted by Crippen LogP contribution is 2.37. The van der Waals surface area contributed by atoms with Gasteiger partial charge in [-0.05, 0) is 43.4 Å². The number of rotatable bonds is 3. The van der Waals surface area contributed by atoms with Crippen LogP contribution < -0.4 is 0 Å². The number of fused-ring (bicyclic) bond motifs is 1. The average Bonchev–Trinajstić information content (AvgIpc) is 2.54. The molecule has 2 unspecified atom stereocenters. The summed E-state index contributed by atoms with van der Waals surface area (Å²) in [6, 6.07) is 0. The molecule has 2 aliphatic heterocycles. The lowest BCUT2D eigenvalue weighted by molar-refractivity contribution is 0.125. The Morgan fingerprint density at radius 2 is 1.48 bits per heavy atom. The number of hydrogen-bond acceptors (Lipinski definition) is 3. The van der Waals surface area contributed by atoms with Crippen molar-refractivity contribution in [1.29, 1.82) is 0 Å². The summed E-state index contributed by atoms with van der Waals surface area (Å²) in [6.07, 6.45) is 7.69. The Labute approximate surface area is 128 Å². The Balaban J connectivity index is 1.62. The largest absolute Gasteiger partial charge is 0.396 e. The van der Waals surface area contributed by atoms with E-state index in [1.807, 2.05) is 0 Å². The zero-order chi connectivity index (χ0) is 14.9. The van der Waals surface area contributed by atoms with E-state index in [4.69, 9.17) is 0 Å². The lowest BCUT2D eigenvalue weighted by Gasteiger charge is -2.42. The van der Waals surface area contributed by atoms with Gasteiger partial charge in [0, 0.05) is 32.8 Å². The van der Waals surface area contributed by atoms with E-state index in [0.29, 0.717) is 25.6 Å². The predicted octanol–water partition coefficient (Wildman–Crippen LogP) is 1.45. The number of hydrogen-bond donors (Lipinski definition) is 1. The van der Waals surface area contributed by atoms with Crippen molar-refractivity contribution in [3.05, 3.63) is 0 Å². The zero-order valence-corrected chi connectivity index (χ0v) is 13.6. The molecule has 6 heteroatoms. The molecule has 2 heterocycles. The minimum atomic E-state index is -3.28. The average molecular weight is 316 g/mol. The van der Waals surface area contributed by atoms with Crippen LogP contribution in [0.2, 0.25) is 0 Å². The van der Waals surface area contributed by atoms with Gasteiger partial charge in [0.05, 0.1) is 0 Å². The first-order chi connectivity index (χ1) is 10.1. The first-order valence-corrected chi connectivity index (χ1v) is 9.87. The summed E-state index contributed by atoms with van der Waals surface area (Å²) in [6.45, 7) is 2.74. The van der Waals surface area contributed by atoms with Crippen molar-refractivity contribution in [2.75, 3.05) is 32.8 Å². The van der Waals surface area contributed by atoms with E-state index in [2.05, 4.69) is 0 Å². The smallest absolute Gasteiger partial charge is 0.281 e. The third-order valence-corrected chi connectivity index (χ3v) is 7.74. The molecule has 21 heavy (non-hydrogen) atoms. The van der Waals surface area contributed by atoms with Crippen LogP contribution >= 0.6 is 0 Å². The van der Waals surface area contributed by atoms with Gasteiger partial charge in [-0.1, -0.05) is 19.3 Å². The maximum Gasteiger partial charge on any atom is 0.281 e. The van der Waals surface area contributed by atoms with Crippen LogP contribution in [0.5, 0.6) is 0 Å². The van der Waals surface area contributed by atoms with Crippen LogP contribution in [0.4, 0.5) is 0 Å². The van der Waals surface area contributed by atoms with E-state index in [1.54, 1.807) is 8.61 Å². The van der Waals surface area contributed by atoms with E-state index in [1.165, 1.54) is 25.7 Å². The Bertz CT molecular complexity index is 446. The van der Waals surface area contributed by atoms with Crippen molar-refractivity contribution in [3.63, 3.8) is 0 Å². The first kappa shape index (κ1) is 15.7. The lowest BCUT2D eigenvalue weighted by Crippen LogP contribution is -2.52. The fourth-order valence-corrected chi connectivity index (χ4v) is 5.98. The molecule has 2 atom stereocenters. The molecule has 0 spiro atoms. The molecular formula is C15H28N2O3S. The monoisotopic (exact) mass is 316 g/mol. The Morgan fingerprint density at radius 1 is 0.857 bits per heavy atom.